The van der Waals surface area contributed by atoms with Gasteiger partial charge in [0.25, 0.3) is 0 Å². The number of hydrogen-bond acceptors (Lipinski definition) is 2. The third-order valence-corrected chi connectivity index (χ3v) is 3.00. The molecule has 20 heavy (non-hydrogen) atoms. The van der Waals surface area contributed by atoms with Crippen molar-refractivity contribution in [2.24, 2.45) is 0 Å². The molecule has 0 saturated heterocycles. The number of benzene rings is 1. The van der Waals surface area contributed by atoms with Crippen LogP contribution in [0.4, 0.5) is 0 Å². The lowest BCUT2D eigenvalue weighted by molar-refractivity contribution is 0.298. The molecule has 0 saturated carbocycles. The van der Waals surface area contributed by atoms with E-state index in [1.807, 2.05) is 30.3 Å². The van der Waals surface area contributed by atoms with Crippen LogP contribution in [-0.4, -0.2) is 16.7 Å². The van der Waals surface area contributed by atoms with Crippen molar-refractivity contribution in [2.45, 2.75) is 39.4 Å². The van der Waals surface area contributed by atoms with Gasteiger partial charge in [-0.15, -0.1) is 0 Å². The Morgan fingerprint density at radius 3 is 2.55 bits per heavy atom. The van der Waals surface area contributed by atoms with E-state index in [-0.39, 0.29) is 5.54 Å². The van der Waals surface area contributed by atoms with E-state index in [1.54, 1.807) is 0 Å². The van der Waals surface area contributed by atoms with Gasteiger partial charge >= 0.3 is 0 Å². The van der Waals surface area contributed by atoms with Crippen LogP contribution < -0.4 is 10.1 Å². The molecular weight excluding hydrogens is 248 g/mol. The first-order valence-electron chi connectivity index (χ1n) is 7.10. The van der Waals surface area contributed by atoms with E-state index in [9.17, 15) is 0 Å². The fourth-order valence-electron chi connectivity index (χ4n) is 1.89. The predicted molar refractivity (Wildman–Crippen MR) is 83.0 cm³/mol. The highest BCUT2D eigenvalue weighted by Gasteiger charge is 2.08. The van der Waals surface area contributed by atoms with Crippen LogP contribution in [0, 0.1) is 0 Å². The second-order valence-corrected chi connectivity index (χ2v) is 6.02. The Kier molecular flexibility index (Phi) is 4.85. The van der Waals surface area contributed by atoms with Gasteiger partial charge in [-0.3, -0.25) is 0 Å². The zero-order valence-corrected chi connectivity index (χ0v) is 12.6. The van der Waals surface area contributed by atoms with Crippen LogP contribution >= 0.6 is 0 Å². The molecule has 0 aliphatic rings. The molecule has 2 rings (SSSR count). The van der Waals surface area contributed by atoms with Gasteiger partial charge in [-0.25, -0.2) is 0 Å². The average Bonchev–Trinajstić information content (AvgIpc) is 2.85. The number of rotatable bonds is 6. The fraction of sp³-hybridized carbons (Fsp3) is 0.412. The molecule has 1 aromatic heterocycles. The minimum absolute atomic E-state index is 0.151. The lowest BCUT2D eigenvalue weighted by atomic mass is 10.1. The fourth-order valence-corrected chi connectivity index (χ4v) is 1.89. The van der Waals surface area contributed by atoms with E-state index in [2.05, 4.69) is 49.1 Å². The van der Waals surface area contributed by atoms with Crippen molar-refractivity contribution in [1.29, 1.82) is 0 Å². The summed E-state index contributed by atoms with van der Waals surface area (Å²) in [6.07, 6.45) is 4.28. The second-order valence-electron chi connectivity index (χ2n) is 6.02. The summed E-state index contributed by atoms with van der Waals surface area (Å²) in [7, 11) is 0. The maximum absolute atomic E-state index is 5.70. The van der Waals surface area contributed by atoms with Crippen molar-refractivity contribution in [1.82, 2.24) is 9.88 Å². The summed E-state index contributed by atoms with van der Waals surface area (Å²) in [6.45, 7) is 8.98. The molecule has 3 heteroatoms. The summed E-state index contributed by atoms with van der Waals surface area (Å²) in [4.78, 5) is 0. The Hall–Kier alpha value is -1.74. The van der Waals surface area contributed by atoms with Crippen molar-refractivity contribution in [3.05, 3.63) is 54.4 Å². The van der Waals surface area contributed by atoms with Crippen LogP contribution in [0.5, 0.6) is 5.75 Å². The minimum atomic E-state index is 0.151. The molecule has 1 N–H and O–H groups in total. The van der Waals surface area contributed by atoms with Crippen molar-refractivity contribution < 1.29 is 4.74 Å². The highest BCUT2D eigenvalue weighted by atomic mass is 16.5. The van der Waals surface area contributed by atoms with Gasteiger partial charge < -0.3 is 14.6 Å². The van der Waals surface area contributed by atoms with Gasteiger partial charge in [-0.1, -0.05) is 18.2 Å². The zero-order chi connectivity index (χ0) is 14.4. The Morgan fingerprint density at radius 2 is 1.85 bits per heavy atom. The molecule has 2 aromatic rings. The average molecular weight is 272 g/mol. The molecule has 1 heterocycles. The van der Waals surface area contributed by atoms with Crippen LogP contribution in [-0.2, 0) is 13.1 Å². The smallest absolute Gasteiger partial charge is 0.119 e. The molecule has 0 atom stereocenters. The summed E-state index contributed by atoms with van der Waals surface area (Å²) in [6, 6.07) is 12.1. The number of aromatic nitrogens is 1. The van der Waals surface area contributed by atoms with Crippen LogP contribution in [0.3, 0.4) is 0 Å². The summed E-state index contributed by atoms with van der Waals surface area (Å²) >= 11 is 0. The standard InChI is InChI=1S/C17H24N2O/c1-17(2,3)18-13-15-9-10-19(14-15)11-12-20-16-7-5-4-6-8-16/h4-10,14,18H,11-13H2,1-3H3. The van der Waals surface area contributed by atoms with Crippen LogP contribution in [0.1, 0.15) is 26.3 Å². The Morgan fingerprint density at radius 1 is 1.10 bits per heavy atom. The monoisotopic (exact) mass is 272 g/mol. The van der Waals surface area contributed by atoms with Crippen LogP contribution in [0.2, 0.25) is 0 Å². The molecule has 0 aliphatic heterocycles. The molecule has 1 aromatic carbocycles. The van der Waals surface area contributed by atoms with Crippen molar-refractivity contribution in [3.8, 4) is 5.75 Å². The maximum Gasteiger partial charge on any atom is 0.119 e. The number of para-hydroxylation sites is 1. The summed E-state index contributed by atoms with van der Waals surface area (Å²) in [5.41, 5.74) is 1.46. The molecule has 0 aliphatic carbocycles. The van der Waals surface area contributed by atoms with Crippen molar-refractivity contribution in [2.75, 3.05) is 6.61 Å². The van der Waals surface area contributed by atoms with E-state index in [4.69, 9.17) is 4.74 Å². The number of nitrogens with zero attached hydrogens (tertiary/aromatic N) is 1. The maximum atomic E-state index is 5.70. The number of nitrogens with one attached hydrogen (secondary N) is 1. The quantitative estimate of drug-likeness (QED) is 0.871. The third-order valence-electron chi connectivity index (χ3n) is 3.00. The van der Waals surface area contributed by atoms with Gasteiger partial charge in [0.1, 0.15) is 12.4 Å². The minimum Gasteiger partial charge on any atom is -0.492 e. The van der Waals surface area contributed by atoms with E-state index >= 15 is 0 Å². The predicted octanol–water partition coefficient (Wildman–Crippen LogP) is 3.46. The number of hydrogen-bond donors (Lipinski definition) is 1. The molecule has 0 radical (unpaired) electrons. The van der Waals surface area contributed by atoms with Gasteiger partial charge in [0.15, 0.2) is 0 Å². The van der Waals surface area contributed by atoms with Gasteiger partial charge in [0, 0.05) is 24.5 Å². The van der Waals surface area contributed by atoms with Gasteiger partial charge in [-0.2, -0.15) is 0 Å². The first-order chi connectivity index (χ1) is 9.53. The highest BCUT2D eigenvalue weighted by molar-refractivity contribution is 5.20. The van der Waals surface area contributed by atoms with E-state index in [0.717, 1.165) is 18.8 Å². The third kappa shape index (κ3) is 5.10. The normalized spacial score (nSPS) is 11.6. The zero-order valence-electron chi connectivity index (χ0n) is 12.6. The largest absolute Gasteiger partial charge is 0.492 e. The molecule has 0 spiro atoms. The Bertz CT molecular complexity index is 511. The molecule has 108 valence electrons. The van der Waals surface area contributed by atoms with Gasteiger partial charge in [-0.05, 0) is 44.5 Å². The highest BCUT2D eigenvalue weighted by Crippen LogP contribution is 2.09. The first-order valence-corrected chi connectivity index (χ1v) is 7.10. The molecule has 0 amide bonds. The van der Waals surface area contributed by atoms with Crippen LogP contribution in [0.25, 0.3) is 0 Å². The number of ether oxygens (including phenoxy) is 1. The lowest BCUT2D eigenvalue weighted by Gasteiger charge is -2.19. The molecular formula is C17H24N2O. The Balaban J connectivity index is 1.75. The second kappa shape index (κ2) is 6.62. The lowest BCUT2D eigenvalue weighted by Crippen LogP contribution is -2.34. The summed E-state index contributed by atoms with van der Waals surface area (Å²) in [5.74, 6) is 0.925. The van der Waals surface area contributed by atoms with Gasteiger partial charge in [0.2, 0.25) is 0 Å². The van der Waals surface area contributed by atoms with E-state index in [0.29, 0.717) is 6.61 Å². The van der Waals surface area contributed by atoms with E-state index < -0.39 is 0 Å². The van der Waals surface area contributed by atoms with Crippen molar-refractivity contribution >= 4 is 0 Å². The SMILES string of the molecule is CC(C)(C)NCc1ccn(CCOc2ccccc2)c1. The first kappa shape index (κ1) is 14.7. The summed E-state index contributed by atoms with van der Waals surface area (Å²) in [5, 5.41) is 3.49. The van der Waals surface area contributed by atoms with Gasteiger partial charge in [0.05, 0.1) is 6.54 Å². The summed E-state index contributed by atoms with van der Waals surface area (Å²) < 4.78 is 7.87. The van der Waals surface area contributed by atoms with Crippen LogP contribution in [0.15, 0.2) is 48.8 Å². The topological polar surface area (TPSA) is 26.2 Å². The molecule has 0 fully saturated rings. The van der Waals surface area contributed by atoms with E-state index in [1.165, 1.54) is 5.56 Å². The Labute approximate surface area is 121 Å². The van der Waals surface area contributed by atoms with Crippen molar-refractivity contribution in [3.63, 3.8) is 0 Å². The molecule has 0 unspecified atom stereocenters. The molecule has 3 nitrogen and oxygen atoms in total. The molecule has 0 bridgehead atoms.